The van der Waals surface area contributed by atoms with E-state index in [1.165, 1.54) is 0 Å². The molecular formula is C20H21N3O. The summed E-state index contributed by atoms with van der Waals surface area (Å²) in [6, 6.07) is 17.9. The first-order valence-corrected chi connectivity index (χ1v) is 8.29. The van der Waals surface area contributed by atoms with Crippen molar-refractivity contribution >= 4 is 23.0 Å². The predicted molar refractivity (Wildman–Crippen MR) is 99.2 cm³/mol. The molecule has 3 aromatic rings. The van der Waals surface area contributed by atoms with Gasteiger partial charge in [-0.05, 0) is 24.5 Å². The highest BCUT2D eigenvalue weighted by Gasteiger charge is 2.18. The molecule has 0 aliphatic rings. The van der Waals surface area contributed by atoms with Crippen LogP contribution in [-0.4, -0.2) is 17.1 Å². The van der Waals surface area contributed by atoms with E-state index in [-0.39, 0.29) is 5.91 Å². The molecule has 0 saturated carbocycles. The first kappa shape index (κ1) is 16.0. The third kappa shape index (κ3) is 3.38. The smallest absolute Gasteiger partial charge is 0.288 e. The molecule has 1 heterocycles. The monoisotopic (exact) mass is 319 g/mol. The Morgan fingerprint density at radius 2 is 1.88 bits per heavy atom. The summed E-state index contributed by atoms with van der Waals surface area (Å²) in [5.74, 6) is -0.224. The fourth-order valence-electron chi connectivity index (χ4n) is 2.74. The minimum absolute atomic E-state index is 0.224. The van der Waals surface area contributed by atoms with E-state index in [0.717, 1.165) is 41.3 Å². The van der Waals surface area contributed by atoms with Gasteiger partial charge < -0.3 is 4.98 Å². The molecule has 1 aromatic heterocycles. The van der Waals surface area contributed by atoms with Crippen LogP contribution in [0.4, 0.5) is 0 Å². The second kappa shape index (κ2) is 7.59. The standard InChI is InChI=1S/C20H21N3O/c1-2-3-9-14-21-23-20(24)19-18(15-10-5-4-6-11-15)16-12-7-8-13-17(16)22-19/h4-8,10-14,22H,2-3,9H2,1H3,(H,23,24)/b21-14-. The Morgan fingerprint density at radius 1 is 1.12 bits per heavy atom. The number of carbonyl (C=O) groups is 1. The zero-order chi connectivity index (χ0) is 16.8. The molecule has 0 bridgehead atoms. The van der Waals surface area contributed by atoms with E-state index in [1.807, 2.05) is 54.6 Å². The van der Waals surface area contributed by atoms with Crippen LogP contribution in [0.25, 0.3) is 22.0 Å². The van der Waals surface area contributed by atoms with Gasteiger partial charge >= 0.3 is 0 Å². The highest BCUT2D eigenvalue weighted by molar-refractivity contribution is 6.09. The number of rotatable bonds is 6. The van der Waals surface area contributed by atoms with Crippen LogP contribution in [0, 0.1) is 0 Å². The molecule has 4 heteroatoms. The number of fused-ring (bicyclic) bond motifs is 1. The van der Waals surface area contributed by atoms with Gasteiger partial charge in [0.05, 0.1) is 0 Å². The molecule has 0 saturated heterocycles. The summed E-state index contributed by atoms with van der Waals surface area (Å²) in [7, 11) is 0. The Hall–Kier alpha value is -2.88. The van der Waals surface area contributed by atoms with Crippen molar-refractivity contribution in [1.82, 2.24) is 10.4 Å². The molecule has 0 fully saturated rings. The van der Waals surface area contributed by atoms with Crippen LogP contribution in [0.1, 0.15) is 36.7 Å². The minimum atomic E-state index is -0.224. The van der Waals surface area contributed by atoms with Crippen LogP contribution < -0.4 is 5.43 Å². The summed E-state index contributed by atoms with van der Waals surface area (Å²) in [6.45, 7) is 2.13. The maximum absolute atomic E-state index is 12.6. The second-order valence-electron chi connectivity index (χ2n) is 5.68. The molecule has 0 aliphatic carbocycles. The number of carbonyl (C=O) groups excluding carboxylic acids is 1. The van der Waals surface area contributed by atoms with Gasteiger partial charge in [0.2, 0.25) is 0 Å². The van der Waals surface area contributed by atoms with Crippen molar-refractivity contribution in [3.63, 3.8) is 0 Å². The molecular weight excluding hydrogens is 298 g/mol. The Labute approximate surface area is 141 Å². The van der Waals surface area contributed by atoms with Crippen molar-refractivity contribution in [3.8, 4) is 11.1 Å². The van der Waals surface area contributed by atoms with E-state index < -0.39 is 0 Å². The molecule has 0 atom stereocenters. The molecule has 2 aromatic carbocycles. The van der Waals surface area contributed by atoms with Crippen LogP contribution in [0.5, 0.6) is 0 Å². The van der Waals surface area contributed by atoms with Crippen molar-refractivity contribution in [2.75, 3.05) is 0 Å². The van der Waals surface area contributed by atoms with Crippen molar-refractivity contribution in [3.05, 3.63) is 60.3 Å². The number of hydrazone groups is 1. The molecule has 0 spiro atoms. The zero-order valence-electron chi connectivity index (χ0n) is 13.8. The maximum Gasteiger partial charge on any atom is 0.288 e. The molecule has 4 nitrogen and oxygen atoms in total. The quantitative estimate of drug-likeness (QED) is 0.385. The molecule has 0 unspecified atom stereocenters. The Bertz CT molecular complexity index is 850. The maximum atomic E-state index is 12.6. The zero-order valence-corrected chi connectivity index (χ0v) is 13.8. The molecule has 24 heavy (non-hydrogen) atoms. The molecule has 0 radical (unpaired) electrons. The Morgan fingerprint density at radius 3 is 2.67 bits per heavy atom. The van der Waals surface area contributed by atoms with Gasteiger partial charge in [0.1, 0.15) is 5.69 Å². The number of aromatic nitrogens is 1. The number of nitrogens with zero attached hydrogens (tertiary/aromatic N) is 1. The third-order valence-electron chi connectivity index (χ3n) is 3.94. The topological polar surface area (TPSA) is 57.2 Å². The van der Waals surface area contributed by atoms with Crippen LogP contribution in [0.3, 0.4) is 0 Å². The van der Waals surface area contributed by atoms with Crippen molar-refractivity contribution in [2.24, 2.45) is 5.10 Å². The van der Waals surface area contributed by atoms with Gasteiger partial charge in [0.25, 0.3) is 5.91 Å². The van der Waals surface area contributed by atoms with Gasteiger partial charge in [0.15, 0.2) is 0 Å². The number of unbranched alkanes of at least 4 members (excludes halogenated alkanes) is 2. The minimum Gasteiger partial charge on any atom is -0.350 e. The van der Waals surface area contributed by atoms with Gasteiger partial charge in [-0.2, -0.15) is 5.10 Å². The molecule has 122 valence electrons. The predicted octanol–water partition coefficient (Wildman–Crippen LogP) is 4.74. The summed E-state index contributed by atoms with van der Waals surface area (Å²) < 4.78 is 0. The number of para-hydroxylation sites is 1. The number of aromatic amines is 1. The summed E-state index contributed by atoms with van der Waals surface area (Å²) in [5, 5.41) is 5.08. The Kier molecular flexibility index (Phi) is 5.06. The molecule has 1 amide bonds. The van der Waals surface area contributed by atoms with E-state index in [0.29, 0.717) is 5.69 Å². The third-order valence-corrected chi connectivity index (χ3v) is 3.94. The van der Waals surface area contributed by atoms with E-state index >= 15 is 0 Å². The van der Waals surface area contributed by atoms with E-state index in [1.54, 1.807) is 6.21 Å². The number of H-pyrrole nitrogens is 1. The second-order valence-corrected chi connectivity index (χ2v) is 5.68. The van der Waals surface area contributed by atoms with Gasteiger partial charge in [0, 0.05) is 22.7 Å². The van der Waals surface area contributed by atoms with Crippen molar-refractivity contribution in [2.45, 2.75) is 26.2 Å². The summed E-state index contributed by atoms with van der Waals surface area (Å²) in [5.41, 5.74) is 6.03. The van der Waals surface area contributed by atoms with Crippen LogP contribution in [0.15, 0.2) is 59.7 Å². The summed E-state index contributed by atoms with van der Waals surface area (Å²) >= 11 is 0. The van der Waals surface area contributed by atoms with Crippen molar-refractivity contribution < 1.29 is 4.79 Å². The fourth-order valence-corrected chi connectivity index (χ4v) is 2.74. The SMILES string of the molecule is CCCC/C=N\NC(=O)c1[nH]c2ccccc2c1-c1ccccc1. The highest BCUT2D eigenvalue weighted by Crippen LogP contribution is 2.32. The lowest BCUT2D eigenvalue weighted by Gasteiger charge is -2.04. The van der Waals surface area contributed by atoms with Crippen LogP contribution >= 0.6 is 0 Å². The van der Waals surface area contributed by atoms with E-state index in [4.69, 9.17) is 0 Å². The van der Waals surface area contributed by atoms with Gasteiger partial charge in [-0.3, -0.25) is 4.79 Å². The van der Waals surface area contributed by atoms with Gasteiger partial charge in [-0.15, -0.1) is 0 Å². The lowest BCUT2D eigenvalue weighted by atomic mass is 10.0. The van der Waals surface area contributed by atoms with Gasteiger partial charge in [-0.25, -0.2) is 5.43 Å². The lowest BCUT2D eigenvalue weighted by molar-refractivity contribution is 0.0951. The first-order chi connectivity index (χ1) is 11.8. The number of amides is 1. The van der Waals surface area contributed by atoms with Gasteiger partial charge in [-0.1, -0.05) is 61.9 Å². The number of hydrogen-bond donors (Lipinski definition) is 2. The highest BCUT2D eigenvalue weighted by atomic mass is 16.2. The van der Waals surface area contributed by atoms with E-state index in [2.05, 4.69) is 22.4 Å². The van der Waals surface area contributed by atoms with E-state index in [9.17, 15) is 4.79 Å². The average Bonchev–Trinajstić information content (AvgIpc) is 3.02. The summed E-state index contributed by atoms with van der Waals surface area (Å²) in [6.07, 6.45) is 4.81. The number of nitrogens with one attached hydrogen (secondary N) is 2. The van der Waals surface area contributed by atoms with Crippen LogP contribution in [-0.2, 0) is 0 Å². The first-order valence-electron chi connectivity index (χ1n) is 8.29. The number of benzene rings is 2. The largest absolute Gasteiger partial charge is 0.350 e. The lowest BCUT2D eigenvalue weighted by Crippen LogP contribution is -2.18. The fraction of sp³-hybridized carbons (Fsp3) is 0.200. The van der Waals surface area contributed by atoms with Crippen molar-refractivity contribution in [1.29, 1.82) is 0 Å². The average molecular weight is 319 g/mol. The summed E-state index contributed by atoms with van der Waals surface area (Å²) in [4.78, 5) is 15.8. The number of hydrogen-bond acceptors (Lipinski definition) is 2. The Balaban J connectivity index is 1.95. The molecule has 2 N–H and O–H groups in total. The molecule has 3 rings (SSSR count). The molecule has 0 aliphatic heterocycles. The normalized spacial score (nSPS) is 11.2. The van der Waals surface area contributed by atoms with Crippen LogP contribution in [0.2, 0.25) is 0 Å².